The molecule has 3 nitrogen and oxygen atoms in total. The van der Waals surface area contributed by atoms with Crippen molar-refractivity contribution in [2.24, 2.45) is 28.1 Å². The summed E-state index contributed by atoms with van der Waals surface area (Å²) in [5, 5.41) is 0. The minimum Gasteiger partial charge on any atom is -0.267 e. The first-order valence-electron chi connectivity index (χ1n) is 9.22. The van der Waals surface area contributed by atoms with E-state index in [-0.39, 0.29) is 22.3 Å². The molecule has 2 rings (SSSR count). The summed E-state index contributed by atoms with van der Waals surface area (Å²) in [7, 11) is -3.38. The van der Waals surface area contributed by atoms with Gasteiger partial charge in [-0.05, 0) is 53.8 Å². The first-order chi connectivity index (χ1) is 10.6. The van der Waals surface area contributed by atoms with Gasteiger partial charge in [-0.2, -0.15) is 8.42 Å². The van der Waals surface area contributed by atoms with Gasteiger partial charge >= 0.3 is 0 Å². The van der Waals surface area contributed by atoms with Crippen molar-refractivity contribution in [1.29, 1.82) is 0 Å². The van der Waals surface area contributed by atoms with E-state index in [2.05, 4.69) is 54.5 Å². The highest BCUT2D eigenvalue weighted by Crippen LogP contribution is 2.61. The van der Waals surface area contributed by atoms with Crippen LogP contribution in [0.25, 0.3) is 0 Å². The van der Waals surface area contributed by atoms with Gasteiger partial charge in [-0.15, -0.1) is 0 Å². The number of allylic oxidation sites excluding steroid dienone is 1. The van der Waals surface area contributed by atoms with Crippen molar-refractivity contribution in [1.82, 2.24) is 0 Å². The summed E-state index contributed by atoms with van der Waals surface area (Å²) in [5.41, 5.74) is 2.05. The second-order valence-electron chi connectivity index (χ2n) is 10.4. The summed E-state index contributed by atoms with van der Waals surface area (Å²) in [6.07, 6.45) is 7.04. The highest BCUT2D eigenvalue weighted by molar-refractivity contribution is 7.86. The fraction of sp³-hybridized carbons (Fsp3) is 0.900. The number of fused-ring (bicyclic) bond motifs is 1. The first kappa shape index (κ1) is 20.0. The maximum Gasteiger partial charge on any atom is 0.264 e. The van der Waals surface area contributed by atoms with Gasteiger partial charge in [-0.3, -0.25) is 4.18 Å². The molecular formula is C20H36O3S. The molecule has 4 atom stereocenters. The van der Waals surface area contributed by atoms with Gasteiger partial charge in [0.25, 0.3) is 10.1 Å². The molecule has 0 saturated heterocycles. The van der Waals surface area contributed by atoms with E-state index in [1.54, 1.807) is 0 Å². The van der Waals surface area contributed by atoms with Crippen molar-refractivity contribution >= 4 is 10.1 Å². The zero-order chi connectivity index (χ0) is 18.6. The number of rotatable bonds is 2. The van der Waals surface area contributed by atoms with Gasteiger partial charge in [0.2, 0.25) is 0 Å². The van der Waals surface area contributed by atoms with Crippen LogP contribution in [0, 0.1) is 28.1 Å². The molecule has 0 aromatic carbocycles. The molecule has 0 bridgehead atoms. The van der Waals surface area contributed by atoms with Gasteiger partial charge in [0.1, 0.15) is 0 Å². The molecule has 2 aliphatic rings. The van der Waals surface area contributed by atoms with Crippen LogP contribution >= 0.6 is 0 Å². The van der Waals surface area contributed by atoms with E-state index < -0.39 is 10.1 Å². The van der Waals surface area contributed by atoms with Crippen LogP contribution in [0.2, 0.25) is 0 Å². The molecule has 24 heavy (non-hydrogen) atoms. The van der Waals surface area contributed by atoms with Crippen LogP contribution in [0.3, 0.4) is 0 Å². The molecule has 0 aliphatic heterocycles. The van der Waals surface area contributed by atoms with Crippen LogP contribution in [0.15, 0.2) is 11.6 Å². The van der Waals surface area contributed by atoms with Gasteiger partial charge in [0, 0.05) is 0 Å². The third-order valence-corrected chi connectivity index (χ3v) is 6.85. The second kappa shape index (κ2) is 6.12. The molecule has 1 fully saturated rings. The molecule has 0 N–H and O–H groups in total. The second-order valence-corrected chi connectivity index (χ2v) is 12.0. The van der Waals surface area contributed by atoms with Crippen molar-refractivity contribution < 1.29 is 12.6 Å². The highest BCUT2D eigenvalue weighted by Gasteiger charge is 2.53. The number of hydrogen-bond donors (Lipinski definition) is 0. The lowest BCUT2D eigenvalue weighted by Crippen LogP contribution is -2.51. The molecular weight excluding hydrogens is 320 g/mol. The summed E-state index contributed by atoms with van der Waals surface area (Å²) in [6.45, 7) is 16.6. The Kier molecular flexibility index (Phi) is 5.09. The van der Waals surface area contributed by atoms with Gasteiger partial charge in [-0.25, -0.2) is 0 Å². The van der Waals surface area contributed by atoms with Gasteiger partial charge < -0.3 is 0 Å². The van der Waals surface area contributed by atoms with E-state index in [4.69, 9.17) is 4.18 Å². The Morgan fingerprint density at radius 2 is 1.71 bits per heavy atom. The summed E-state index contributed by atoms with van der Waals surface area (Å²) in [4.78, 5) is 0. The molecule has 140 valence electrons. The Balaban J connectivity index is 2.38. The Morgan fingerprint density at radius 3 is 2.17 bits per heavy atom. The lowest BCUT2D eigenvalue weighted by Gasteiger charge is -2.58. The van der Waals surface area contributed by atoms with Crippen molar-refractivity contribution in [3.05, 3.63) is 11.6 Å². The standard InChI is InChI=1S/C20H36O3S/c1-18(2,3)16-10-9-14-13-15(23-24(8,21)22)11-12-20(14,7)17(16)19(4,5)6/h9,15-17H,10-13H2,1-8H3/t15-,16?,17?,20-/m0/s1. The SMILES string of the molecule is CC(C)(C)C1CC=C2C[C@@H](OS(C)(=O)=O)CC[C@]2(C)C1C(C)(C)C. The van der Waals surface area contributed by atoms with Crippen LogP contribution in [0.5, 0.6) is 0 Å². The molecule has 0 amide bonds. The lowest BCUT2D eigenvalue weighted by molar-refractivity contribution is -0.0399. The predicted molar refractivity (Wildman–Crippen MR) is 100 cm³/mol. The van der Waals surface area contributed by atoms with Gasteiger partial charge in [0.15, 0.2) is 0 Å². The lowest BCUT2D eigenvalue weighted by atomic mass is 9.47. The Labute approximate surface area is 149 Å². The average Bonchev–Trinajstić information content (AvgIpc) is 2.33. The summed E-state index contributed by atoms with van der Waals surface area (Å²) < 4.78 is 28.3. The molecule has 2 unspecified atom stereocenters. The van der Waals surface area contributed by atoms with Crippen LogP contribution in [-0.4, -0.2) is 20.8 Å². The summed E-state index contributed by atoms with van der Waals surface area (Å²) in [6, 6.07) is 0. The average molecular weight is 357 g/mol. The van der Waals surface area contributed by atoms with E-state index in [9.17, 15) is 8.42 Å². The zero-order valence-corrected chi connectivity index (χ0v) is 17.6. The summed E-state index contributed by atoms with van der Waals surface area (Å²) >= 11 is 0. The maximum atomic E-state index is 11.5. The van der Waals surface area contributed by atoms with Crippen LogP contribution in [0.1, 0.15) is 74.1 Å². The fourth-order valence-electron chi connectivity index (χ4n) is 5.47. The van der Waals surface area contributed by atoms with E-state index in [0.717, 1.165) is 31.9 Å². The zero-order valence-electron chi connectivity index (χ0n) is 16.8. The van der Waals surface area contributed by atoms with Crippen molar-refractivity contribution in [3.63, 3.8) is 0 Å². The highest BCUT2D eigenvalue weighted by atomic mass is 32.2. The Hall–Kier alpha value is -0.350. The van der Waals surface area contributed by atoms with Crippen molar-refractivity contribution in [2.75, 3.05) is 6.26 Å². The first-order valence-corrected chi connectivity index (χ1v) is 11.0. The molecule has 0 aromatic rings. The minimum absolute atomic E-state index is 0.145. The molecule has 0 radical (unpaired) electrons. The van der Waals surface area contributed by atoms with Crippen molar-refractivity contribution in [2.45, 2.75) is 80.3 Å². The van der Waals surface area contributed by atoms with Crippen molar-refractivity contribution in [3.8, 4) is 0 Å². The minimum atomic E-state index is -3.38. The third-order valence-electron chi connectivity index (χ3n) is 6.23. The predicted octanol–water partition coefficient (Wildman–Crippen LogP) is 5.18. The van der Waals surface area contributed by atoms with Gasteiger partial charge in [-0.1, -0.05) is 60.1 Å². The largest absolute Gasteiger partial charge is 0.267 e. The third kappa shape index (κ3) is 4.07. The van der Waals surface area contributed by atoms with E-state index in [0.29, 0.717) is 11.8 Å². The molecule has 0 aromatic heterocycles. The van der Waals surface area contributed by atoms with Crippen LogP contribution < -0.4 is 0 Å². The smallest absolute Gasteiger partial charge is 0.264 e. The molecule has 1 saturated carbocycles. The quantitative estimate of drug-likeness (QED) is 0.506. The molecule has 2 aliphatic carbocycles. The molecule has 0 spiro atoms. The molecule has 0 heterocycles. The summed E-state index contributed by atoms with van der Waals surface area (Å²) in [5.74, 6) is 1.22. The fourth-order valence-corrected chi connectivity index (χ4v) is 6.12. The maximum absolute atomic E-state index is 11.5. The normalized spacial score (nSPS) is 35.3. The monoisotopic (exact) mass is 356 g/mol. The molecule has 4 heteroatoms. The Morgan fingerprint density at radius 1 is 1.12 bits per heavy atom. The van der Waals surface area contributed by atoms with Crippen LogP contribution in [0.4, 0.5) is 0 Å². The van der Waals surface area contributed by atoms with E-state index >= 15 is 0 Å². The van der Waals surface area contributed by atoms with E-state index in [1.165, 1.54) is 5.57 Å². The van der Waals surface area contributed by atoms with Gasteiger partial charge in [0.05, 0.1) is 12.4 Å². The Bertz CT molecular complexity index is 604. The van der Waals surface area contributed by atoms with Crippen LogP contribution in [-0.2, 0) is 14.3 Å². The van der Waals surface area contributed by atoms with E-state index in [1.807, 2.05) is 0 Å². The number of hydrogen-bond acceptors (Lipinski definition) is 3. The topological polar surface area (TPSA) is 43.4 Å².